The molecule has 0 bridgehead atoms. The number of nitro benzene ring substituents is 1. The number of nitrogens with one attached hydrogen (secondary N) is 2. The van der Waals surface area contributed by atoms with Gasteiger partial charge in [-0.2, -0.15) is 13.2 Å². The number of nitrogens with zero attached hydrogens (tertiary/aromatic N) is 2. The van der Waals surface area contributed by atoms with Gasteiger partial charge in [0.25, 0.3) is 11.6 Å². The molecule has 176 valence electrons. The third-order valence-corrected chi connectivity index (χ3v) is 5.44. The van der Waals surface area contributed by atoms with E-state index < -0.39 is 22.4 Å². The van der Waals surface area contributed by atoms with Crippen LogP contribution < -0.4 is 15.5 Å². The Labute approximate surface area is 187 Å². The number of nitro groups is 1. The number of rotatable bonds is 6. The van der Waals surface area contributed by atoms with Crippen molar-refractivity contribution in [1.82, 2.24) is 5.32 Å². The molecule has 3 rings (SSSR count). The van der Waals surface area contributed by atoms with Crippen molar-refractivity contribution in [3.05, 3.63) is 63.7 Å². The first-order valence-electron chi connectivity index (χ1n) is 10.4. The number of carbonyl (C=O) groups excluding carboxylic acids is 2. The smallest absolute Gasteiger partial charge is 0.366 e. The maximum Gasteiger partial charge on any atom is 0.416 e. The minimum absolute atomic E-state index is 0.0986. The van der Waals surface area contributed by atoms with Crippen LogP contribution in [0.25, 0.3) is 0 Å². The summed E-state index contributed by atoms with van der Waals surface area (Å²) in [6.45, 7) is 2.84. The van der Waals surface area contributed by atoms with Gasteiger partial charge in [0.1, 0.15) is 5.69 Å². The van der Waals surface area contributed by atoms with Crippen LogP contribution >= 0.6 is 0 Å². The predicted molar refractivity (Wildman–Crippen MR) is 116 cm³/mol. The number of piperidine rings is 1. The summed E-state index contributed by atoms with van der Waals surface area (Å²) < 4.78 is 38.8. The summed E-state index contributed by atoms with van der Waals surface area (Å²) in [4.78, 5) is 36.8. The highest BCUT2D eigenvalue weighted by molar-refractivity contribution is 5.97. The van der Waals surface area contributed by atoms with E-state index in [1.165, 1.54) is 0 Å². The van der Waals surface area contributed by atoms with Crippen LogP contribution in [0.5, 0.6) is 0 Å². The molecule has 0 aromatic heterocycles. The first-order valence-corrected chi connectivity index (χ1v) is 10.4. The Morgan fingerprint density at radius 3 is 2.45 bits per heavy atom. The maximum absolute atomic E-state index is 12.9. The maximum atomic E-state index is 12.9. The number of carbonyl (C=O) groups is 2. The Morgan fingerprint density at radius 2 is 1.85 bits per heavy atom. The molecule has 0 unspecified atom stereocenters. The molecule has 1 fully saturated rings. The summed E-state index contributed by atoms with van der Waals surface area (Å²) in [5.41, 5.74) is -0.706. The van der Waals surface area contributed by atoms with Gasteiger partial charge in [-0.15, -0.1) is 0 Å². The van der Waals surface area contributed by atoms with Crippen molar-refractivity contribution >= 4 is 28.9 Å². The van der Waals surface area contributed by atoms with Crippen molar-refractivity contribution in [3.8, 4) is 0 Å². The van der Waals surface area contributed by atoms with E-state index >= 15 is 0 Å². The summed E-state index contributed by atoms with van der Waals surface area (Å²) >= 11 is 0. The molecule has 1 aliphatic heterocycles. The number of hydrogen-bond acceptors (Lipinski definition) is 5. The second-order valence-electron chi connectivity index (χ2n) is 7.65. The molecular weight excluding hydrogens is 441 g/mol. The Hall–Kier alpha value is -3.63. The van der Waals surface area contributed by atoms with Gasteiger partial charge >= 0.3 is 6.18 Å². The number of benzene rings is 2. The molecular formula is C22H23F3N4O4. The summed E-state index contributed by atoms with van der Waals surface area (Å²) in [5, 5.41) is 16.8. The van der Waals surface area contributed by atoms with E-state index in [-0.39, 0.29) is 36.5 Å². The molecule has 33 heavy (non-hydrogen) atoms. The molecule has 11 heteroatoms. The highest BCUT2D eigenvalue weighted by atomic mass is 19.4. The SMILES string of the molecule is CCNC(=O)c1cccc(NC(=O)C2CCN(c3ccc(C(F)(F)F)cc3[N+](=O)[O-])CC2)c1. The van der Waals surface area contributed by atoms with E-state index in [9.17, 15) is 32.9 Å². The van der Waals surface area contributed by atoms with E-state index in [1.807, 2.05) is 0 Å². The quantitative estimate of drug-likeness (QED) is 0.492. The Kier molecular flexibility index (Phi) is 7.19. The molecule has 2 N–H and O–H groups in total. The molecule has 1 aliphatic rings. The zero-order valence-corrected chi connectivity index (χ0v) is 17.8. The fourth-order valence-corrected chi connectivity index (χ4v) is 3.74. The number of hydrogen-bond donors (Lipinski definition) is 2. The molecule has 0 saturated carbocycles. The molecule has 2 aromatic rings. The standard InChI is InChI=1S/C22H23F3N4O4/c1-2-26-20(30)15-4-3-5-17(12-15)27-21(31)14-8-10-28(11-9-14)18-7-6-16(22(23,24)25)13-19(18)29(32)33/h3-7,12-14H,2,8-11H2,1H3,(H,26,30)(H,27,31). The zero-order valence-electron chi connectivity index (χ0n) is 17.8. The van der Waals surface area contributed by atoms with E-state index in [2.05, 4.69) is 10.6 Å². The fraction of sp³-hybridized carbons (Fsp3) is 0.364. The van der Waals surface area contributed by atoms with Gasteiger partial charge in [0, 0.05) is 42.9 Å². The Morgan fingerprint density at radius 1 is 1.15 bits per heavy atom. The lowest BCUT2D eigenvalue weighted by molar-refractivity contribution is -0.384. The van der Waals surface area contributed by atoms with Gasteiger partial charge < -0.3 is 15.5 Å². The van der Waals surface area contributed by atoms with Gasteiger partial charge in [-0.1, -0.05) is 6.07 Å². The lowest BCUT2D eigenvalue weighted by atomic mass is 9.95. The van der Waals surface area contributed by atoms with Gasteiger partial charge in [0.2, 0.25) is 5.91 Å². The summed E-state index contributed by atoms with van der Waals surface area (Å²) in [7, 11) is 0. The van der Waals surface area contributed by atoms with E-state index in [0.29, 0.717) is 36.7 Å². The summed E-state index contributed by atoms with van der Waals surface area (Å²) in [6.07, 6.45) is -3.93. The average Bonchev–Trinajstić information content (AvgIpc) is 2.78. The topological polar surface area (TPSA) is 105 Å². The molecule has 0 radical (unpaired) electrons. The van der Waals surface area contributed by atoms with Gasteiger partial charge in [-0.05, 0) is 50.1 Å². The minimum Gasteiger partial charge on any atom is -0.366 e. The third-order valence-electron chi connectivity index (χ3n) is 5.44. The number of alkyl halides is 3. The molecule has 0 atom stereocenters. The molecule has 0 aliphatic carbocycles. The largest absolute Gasteiger partial charge is 0.416 e. The van der Waals surface area contributed by atoms with E-state index in [4.69, 9.17) is 0 Å². The first-order chi connectivity index (χ1) is 15.6. The second-order valence-corrected chi connectivity index (χ2v) is 7.65. The zero-order chi connectivity index (χ0) is 24.2. The molecule has 2 aromatic carbocycles. The highest BCUT2D eigenvalue weighted by Crippen LogP contribution is 2.37. The van der Waals surface area contributed by atoms with Crippen molar-refractivity contribution in [3.63, 3.8) is 0 Å². The second kappa shape index (κ2) is 9.88. The van der Waals surface area contributed by atoms with Gasteiger partial charge in [0.15, 0.2) is 0 Å². The van der Waals surface area contributed by atoms with Gasteiger partial charge in [0.05, 0.1) is 10.5 Å². The van der Waals surface area contributed by atoms with Crippen LogP contribution in [0, 0.1) is 16.0 Å². The number of amides is 2. The summed E-state index contributed by atoms with van der Waals surface area (Å²) in [6, 6.07) is 9.00. The summed E-state index contributed by atoms with van der Waals surface area (Å²) in [5.74, 6) is -0.868. The Balaban J connectivity index is 1.65. The van der Waals surface area contributed by atoms with Crippen molar-refractivity contribution in [2.24, 2.45) is 5.92 Å². The van der Waals surface area contributed by atoms with E-state index in [0.717, 1.165) is 12.1 Å². The van der Waals surface area contributed by atoms with Crippen molar-refractivity contribution < 1.29 is 27.7 Å². The van der Waals surface area contributed by atoms with Crippen molar-refractivity contribution in [2.45, 2.75) is 25.9 Å². The van der Waals surface area contributed by atoms with Crippen LogP contribution in [0.1, 0.15) is 35.7 Å². The normalized spacial score (nSPS) is 14.6. The van der Waals surface area contributed by atoms with Crippen LogP contribution in [0.3, 0.4) is 0 Å². The lowest BCUT2D eigenvalue weighted by Crippen LogP contribution is -2.38. The molecule has 2 amide bonds. The average molecular weight is 464 g/mol. The van der Waals surface area contributed by atoms with Gasteiger partial charge in [-0.25, -0.2) is 0 Å². The lowest BCUT2D eigenvalue weighted by Gasteiger charge is -2.32. The van der Waals surface area contributed by atoms with Crippen LogP contribution in [-0.2, 0) is 11.0 Å². The minimum atomic E-state index is -4.68. The van der Waals surface area contributed by atoms with Crippen LogP contribution in [0.15, 0.2) is 42.5 Å². The van der Waals surface area contributed by atoms with E-state index in [1.54, 1.807) is 36.1 Å². The number of halogens is 3. The highest BCUT2D eigenvalue weighted by Gasteiger charge is 2.35. The van der Waals surface area contributed by atoms with Crippen LogP contribution in [0.4, 0.5) is 30.2 Å². The van der Waals surface area contributed by atoms with Gasteiger partial charge in [-0.3, -0.25) is 19.7 Å². The molecule has 8 nitrogen and oxygen atoms in total. The number of anilines is 2. The van der Waals surface area contributed by atoms with Crippen molar-refractivity contribution in [2.75, 3.05) is 29.9 Å². The van der Waals surface area contributed by atoms with Crippen molar-refractivity contribution in [1.29, 1.82) is 0 Å². The third kappa shape index (κ3) is 5.79. The first kappa shape index (κ1) is 24.0. The molecule has 1 heterocycles. The molecule has 1 saturated heterocycles. The van der Waals surface area contributed by atoms with Crippen LogP contribution in [-0.4, -0.2) is 36.4 Å². The molecule has 0 spiro atoms. The monoisotopic (exact) mass is 464 g/mol. The van der Waals surface area contributed by atoms with Crippen LogP contribution in [0.2, 0.25) is 0 Å². The fourth-order valence-electron chi connectivity index (χ4n) is 3.74. The Bertz CT molecular complexity index is 1050. The predicted octanol–water partition coefficient (Wildman–Crippen LogP) is 4.22.